The predicted molar refractivity (Wildman–Crippen MR) is 108 cm³/mol. The molecule has 0 aliphatic carbocycles. The van der Waals surface area contributed by atoms with E-state index in [9.17, 15) is 0 Å². The molecule has 0 bridgehead atoms. The quantitative estimate of drug-likeness (QED) is 0.595. The van der Waals surface area contributed by atoms with Crippen molar-refractivity contribution in [2.75, 3.05) is 64.4 Å². The minimum Gasteiger partial charge on any atom is -0.379 e. The largest absolute Gasteiger partial charge is 0.379 e. The number of nitrogens with one attached hydrogen (secondary N) is 2. The maximum absolute atomic E-state index is 5.40. The van der Waals surface area contributed by atoms with Crippen molar-refractivity contribution in [3.63, 3.8) is 0 Å². The lowest BCUT2D eigenvalue weighted by Crippen LogP contribution is -2.44. The highest BCUT2D eigenvalue weighted by Gasteiger charge is 2.13. The molecule has 0 aromatic heterocycles. The topological polar surface area (TPSA) is 52.1 Å². The van der Waals surface area contributed by atoms with Crippen molar-refractivity contribution in [2.24, 2.45) is 4.99 Å². The number of aryl methyl sites for hydroxylation is 1. The van der Waals surface area contributed by atoms with Crippen molar-refractivity contribution >= 4 is 11.6 Å². The Kier molecular flexibility index (Phi) is 7.14. The molecule has 0 unspecified atom stereocenters. The van der Waals surface area contributed by atoms with Crippen molar-refractivity contribution in [2.45, 2.75) is 26.3 Å². The van der Waals surface area contributed by atoms with E-state index in [1.54, 1.807) is 0 Å². The first kappa shape index (κ1) is 19.0. The summed E-state index contributed by atoms with van der Waals surface area (Å²) < 4.78 is 5.40. The van der Waals surface area contributed by atoms with Crippen LogP contribution in [-0.4, -0.2) is 70.4 Å². The van der Waals surface area contributed by atoms with E-state index in [1.807, 2.05) is 0 Å². The van der Waals surface area contributed by atoms with Gasteiger partial charge in [-0.1, -0.05) is 12.1 Å². The Balaban J connectivity index is 1.53. The second kappa shape index (κ2) is 9.78. The maximum Gasteiger partial charge on any atom is 0.191 e. The van der Waals surface area contributed by atoms with Crippen LogP contribution < -0.4 is 15.5 Å². The molecule has 0 amide bonds. The molecule has 6 heteroatoms. The zero-order valence-electron chi connectivity index (χ0n) is 16.3. The van der Waals surface area contributed by atoms with Crippen molar-refractivity contribution in [1.82, 2.24) is 15.5 Å². The SMILES string of the molecule is CCNC(=NCc1ccc2c(c1)CCCN2C)NCCN1CCOCC1. The Hall–Kier alpha value is -1.79. The fourth-order valence-corrected chi connectivity index (χ4v) is 3.61. The summed E-state index contributed by atoms with van der Waals surface area (Å²) in [5, 5.41) is 6.80. The number of fused-ring (bicyclic) bond motifs is 1. The summed E-state index contributed by atoms with van der Waals surface area (Å²) in [7, 11) is 2.18. The van der Waals surface area contributed by atoms with Gasteiger partial charge in [-0.25, -0.2) is 4.99 Å². The first-order valence-electron chi connectivity index (χ1n) is 9.91. The lowest BCUT2D eigenvalue weighted by molar-refractivity contribution is 0.0389. The summed E-state index contributed by atoms with van der Waals surface area (Å²) in [6.45, 7) is 10.5. The van der Waals surface area contributed by atoms with E-state index in [0.29, 0.717) is 6.54 Å². The molecule has 2 N–H and O–H groups in total. The molecule has 1 fully saturated rings. The lowest BCUT2D eigenvalue weighted by atomic mass is 10.00. The van der Waals surface area contributed by atoms with Gasteiger partial charge in [0.15, 0.2) is 5.96 Å². The van der Waals surface area contributed by atoms with E-state index in [2.05, 4.69) is 52.6 Å². The highest BCUT2D eigenvalue weighted by Crippen LogP contribution is 2.26. The average molecular weight is 360 g/mol. The Bertz CT molecular complexity index is 598. The number of nitrogens with zero attached hydrogens (tertiary/aromatic N) is 3. The molecule has 144 valence electrons. The number of ether oxygens (including phenoxy) is 1. The first-order chi connectivity index (χ1) is 12.8. The van der Waals surface area contributed by atoms with Gasteiger partial charge in [-0.05, 0) is 37.0 Å². The van der Waals surface area contributed by atoms with Gasteiger partial charge >= 0.3 is 0 Å². The maximum atomic E-state index is 5.40. The molecule has 26 heavy (non-hydrogen) atoms. The van der Waals surface area contributed by atoms with Crippen LogP contribution in [0.2, 0.25) is 0 Å². The molecule has 1 aromatic carbocycles. The van der Waals surface area contributed by atoms with Crippen LogP contribution in [0.15, 0.2) is 23.2 Å². The standard InChI is InChI=1S/C20H33N5O/c1-3-21-20(22-8-10-25-11-13-26-14-12-25)23-16-17-6-7-19-18(15-17)5-4-9-24(19)2/h6-7,15H,3-5,8-14,16H2,1-2H3,(H2,21,22,23). The molecule has 0 atom stereocenters. The molecule has 2 aliphatic rings. The molecular formula is C20H33N5O. The van der Waals surface area contributed by atoms with E-state index in [4.69, 9.17) is 9.73 Å². The number of aliphatic imine (C=N–C) groups is 1. The second-order valence-electron chi connectivity index (χ2n) is 7.06. The molecule has 2 aliphatic heterocycles. The van der Waals surface area contributed by atoms with Crippen LogP contribution in [-0.2, 0) is 17.7 Å². The monoisotopic (exact) mass is 359 g/mol. The molecule has 0 radical (unpaired) electrons. The van der Waals surface area contributed by atoms with E-state index in [1.165, 1.54) is 29.7 Å². The normalized spacial score (nSPS) is 18.5. The van der Waals surface area contributed by atoms with E-state index >= 15 is 0 Å². The lowest BCUT2D eigenvalue weighted by Gasteiger charge is -2.27. The summed E-state index contributed by atoms with van der Waals surface area (Å²) in [5.74, 6) is 0.899. The van der Waals surface area contributed by atoms with Crippen LogP contribution in [0.25, 0.3) is 0 Å². The third kappa shape index (κ3) is 5.35. The van der Waals surface area contributed by atoms with Crippen LogP contribution in [0.5, 0.6) is 0 Å². The minimum atomic E-state index is 0.712. The van der Waals surface area contributed by atoms with Gasteiger partial charge in [-0.15, -0.1) is 0 Å². The third-order valence-corrected chi connectivity index (χ3v) is 5.08. The van der Waals surface area contributed by atoms with Gasteiger partial charge < -0.3 is 20.3 Å². The third-order valence-electron chi connectivity index (χ3n) is 5.08. The first-order valence-corrected chi connectivity index (χ1v) is 9.91. The van der Waals surface area contributed by atoms with Gasteiger partial charge in [-0.2, -0.15) is 0 Å². The number of guanidine groups is 1. The number of anilines is 1. The number of benzene rings is 1. The molecule has 1 aromatic rings. The van der Waals surface area contributed by atoms with Gasteiger partial charge in [-0.3, -0.25) is 4.90 Å². The van der Waals surface area contributed by atoms with Crippen molar-refractivity contribution in [3.05, 3.63) is 29.3 Å². The fraction of sp³-hybridized carbons (Fsp3) is 0.650. The van der Waals surface area contributed by atoms with Gasteiger partial charge in [0.25, 0.3) is 0 Å². The van der Waals surface area contributed by atoms with Crippen LogP contribution in [0, 0.1) is 0 Å². The van der Waals surface area contributed by atoms with Crippen LogP contribution in [0.4, 0.5) is 5.69 Å². The van der Waals surface area contributed by atoms with Crippen molar-refractivity contribution in [3.8, 4) is 0 Å². The highest BCUT2D eigenvalue weighted by molar-refractivity contribution is 5.79. The molecule has 3 rings (SSSR count). The molecule has 0 spiro atoms. The molecule has 1 saturated heterocycles. The summed E-state index contributed by atoms with van der Waals surface area (Å²) in [5.41, 5.74) is 4.11. The smallest absolute Gasteiger partial charge is 0.191 e. The molecule has 0 saturated carbocycles. The Morgan fingerprint density at radius 2 is 2.04 bits per heavy atom. The van der Waals surface area contributed by atoms with Gasteiger partial charge in [0.2, 0.25) is 0 Å². The Morgan fingerprint density at radius 1 is 1.19 bits per heavy atom. The van der Waals surface area contributed by atoms with Crippen LogP contribution >= 0.6 is 0 Å². The molecule has 2 heterocycles. The van der Waals surface area contributed by atoms with Crippen molar-refractivity contribution < 1.29 is 4.74 Å². The van der Waals surface area contributed by atoms with Gasteiger partial charge in [0.1, 0.15) is 0 Å². The minimum absolute atomic E-state index is 0.712. The van der Waals surface area contributed by atoms with Crippen molar-refractivity contribution in [1.29, 1.82) is 0 Å². The Morgan fingerprint density at radius 3 is 2.85 bits per heavy atom. The number of hydrogen-bond acceptors (Lipinski definition) is 4. The molecule has 6 nitrogen and oxygen atoms in total. The summed E-state index contributed by atoms with van der Waals surface area (Å²) in [6, 6.07) is 6.78. The second-order valence-corrected chi connectivity index (χ2v) is 7.06. The number of hydrogen-bond donors (Lipinski definition) is 2. The van der Waals surface area contributed by atoms with Crippen LogP contribution in [0.1, 0.15) is 24.5 Å². The number of morpholine rings is 1. The van der Waals surface area contributed by atoms with Crippen LogP contribution in [0.3, 0.4) is 0 Å². The average Bonchev–Trinajstić information content (AvgIpc) is 2.67. The summed E-state index contributed by atoms with van der Waals surface area (Å²) in [6.07, 6.45) is 2.41. The molecular weight excluding hydrogens is 326 g/mol. The van der Waals surface area contributed by atoms with E-state index in [0.717, 1.165) is 58.4 Å². The highest BCUT2D eigenvalue weighted by atomic mass is 16.5. The fourth-order valence-electron chi connectivity index (χ4n) is 3.61. The predicted octanol–water partition coefficient (Wildman–Crippen LogP) is 1.46. The number of rotatable bonds is 6. The zero-order valence-corrected chi connectivity index (χ0v) is 16.3. The van der Waals surface area contributed by atoms with E-state index in [-0.39, 0.29) is 0 Å². The zero-order chi connectivity index (χ0) is 18.2. The summed E-state index contributed by atoms with van der Waals surface area (Å²) >= 11 is 0. The van der Waals surface area contributed by atoms with Gasteiger partial charge in [0.05, 0.1) is 19.8 Å². The Labute approximate surface area is 157 Å². The van der Waals surface area contributed by atoms with E-state index < -0.39 is 0 Å². The van der Waals surface area contributed by atoms with Gasteiger partial charge in [0, 0.05) is 52.0 Å². The summed E-state index contributed by atoms with van der Waals surface area (Å²) in [4.78, 5) is 9.55.